The molecule has 0 amide bonds. The van der Waals surface area contributed by atoms with Crippen LogP contribution in [0.3, 0.4) is 0 Å². The molecule has 5 rings (SSSR count). The summed E-state index contributed by atoms with van der Waals surface area (Å²) >= 11 is 0. The lowest BCUT2D eigenvalue weighted by Gasteiger charge is -2.36. The summed E-state index contributed by atoms with van der Waals surface area (Å²) in [6.45, 7) is 5.95. The molecule has 2 fully saturated rings. The lowest BCUT2D eigenvalue weighted by Crippen LogP contribution is -2.50. The van der Waals surface area contributed by atoms with Crippen LogP contribution >= 0.6 is 0 Å². The highest BCUT2D eigenvalue weighted by atomic mass is 16.7. The Bertz CT molecular complexity index is 1050. The molecule has 0 spiro atoms. The average molecular weight is 467 g/mol. The molecule has 34 heavy (non-hydrogen) atoms. The molecule has 3 heterocycles. The number of anilines is 1. The largest absolute Gasteiger partial charge is 0.478 e. The number of benzene rings is 2. The van der Waals surface area contributed by atoms with E-state index < -0.39 is 5.97 Å². The number of rotatable bonds is 6. The molecule has 0 aliphatic carbocycles. The summed E-state index contributed by atoms with van der Waals surface area (Å²) in [7, 11) is 0. The van der Waals surface area contributed by atoms with E-state index in [1.54, 1.807) is 18.2 Å². The van der Waals surface area contributed by atoms with E-state index >= 15 is 0 Å². The molecule has 2 aromatic rings. The fourth-order valence-electron chi connectivity index (χ4n) is 4.47. The SMILES string of the molecule is O=C(O)c1cccc(NC(=NC[C@H]2CCCO2)N2CCN(Cc3ccc4c(c3)OCO4)CC2)c1. The molecule has 0 unspecified atom stereocenters. The fraction of sp³-hybridized carbons (Fsp3) is 0.440. The topological polar surface area (TPSA) is 95.9 Å². The number of ether oxygens (including phenoxy) is 3. The molecule has 1 atom stereocenters. The summed E-state index contributed by atoms with van der Waals surface area (Å²) < 4.78 is 16.7. The molecular weight excluding hydrogens is 436 g/mol. The number of aromatic carboxylic acids is 1. The molecule has 2 aromatic carbocycles. The summed E-state index contributed by atoms with van der Waals surface area (Å²) in [5.74, 6) is 1.44. The Morgan fingerprint density at radius 2 is 1.94 bits per heavy atom. The van der Waals surface area contributed by atoms with Crippen LogP contribution in [0.15, 0.2) is 47.5 Å². The highest BCUT2D eigenvalue weighted by Crippen LogP contribution is 2.32. The second kappa shape index (κ2) is 10.3. The average Bonchev–Trinajstić information content (AvgIpc) is 3.54. The van der Waals surface area contributed by atoms with Crippen LogP contribution in [0, 0.1) is 0 Å². The van der Waals surface area contributed by atoms with Crippen molar-refractivity contribution in [2.45, 2.75) is 25.5 Å². The Kier molecular flexibility index (Phi) is 6.82. The van der Waals surface area contributed by atoms with Gasteiger partial charge in [0.15, 0.2) is 17.5 Å². The Labute approximate surface area is 198 Å². The monoisotopic (exact) mass is 466 g/mol. The van der Waals surface area contributed by atoms with Gasteiger partial charge < -0.3 is 29.5 Å². The smallest absolute Gasteiger partial charge is 0.335 e. The number of nitrogens with zero attached hydrogens (tertiary/aromatic N) is 3. The minimum Gasteiger partial charge on any atom is -0.478 e. The zero-order valence-electron chi connectivity index (χ0n) is 19.1. The molecule has 2 saturated heterocycles. The van der Waals surface area contributed by atoms with Gasteiger partial charge in [0, 0.05) is 45.0 Å². The quantitative estimate of drug-likeness (QED) is 0.496. The van der Waals surface area contributed by atoms with Crippen molar-refractivity contribution in [3.05, 3.63) is 53.6 Å². The molecule has 0 saturated carbocycles. The van der Waals surface area contributed by atoms with E-state index in [9.17, 15) is 9.90 Å². The van der Waals surface area contributed by atoms with E-state index in [4.69, 9.17) is 19.2 Å². The zero-order valence-corrected chi connectivity index (χ0v) is 19.1. The van der Waals surface area contributed by atoms with Crippen LogP contribution in [0.2, 0.25) is 0 Å². The van der Waals surface area contributed by atoms with Crippen LogP contribution in [-0.2, 0) is 11.3 Å². The molecule has 0 bridgehead atoms. The third-order valence-corrected chi connectivity index (χ3v) is 6.35. The molecule has 0 radical (unpaired) electrons. The summed E-state index contributed by atoms with van der Waals surface area (Å²) in [5, 5.41) is 12.7. The standard InChI is InChI=1S/C25H30N4O5/c30-24(31)19-3-1-4-20(14-19)27-25(26-15-21-5-2-12-32-21)29-10-8-28(9-11-29)16-18-6-7-22-23(13-18)34-17-33-22/h1,3-4,6-7,13-14,21H,2,5,8-12,15-17H2,(H,26,27)(H,30,31)/t21-/m1/s1. The Balaban J connectivity index is 1.23. The highest BCUT2D eigenvalue weighted by Gasteiger charge is 2.23. The van der Waals surface area contributed by atoms with Crippen molar-refractivity contribution in [3.8, 4) is 11.5 Å². The van der Waals surface area contributed by atoms with Gasteiger partial charge in [0.25, 0.3) is 0 Å². The van der Waals surface area contributed by atoms with E-state index in [2.05, 4.69) is 27.2 Å². The molecule has 0 aromatic heterocycles. The predicted octanol–water partition coefficient (Wildman–Crippen LogP) is 2.88. The first kappa shape index (κ1) is 22.5. The number of guanidine groups is 1. The van der Waals surface area contributed by atoms with E-state index in [1.807, 2.05) is 12.1 Å². The van der Waals surface area contributed by atoms with Crippen LogP contribution in [0.25, 0.3) is 0 Å². The van der Waals surface area contributed by atoms with Crippen molar-refractivity contribution >= 4 is 17.6 Å². The summed E-state index contributed by atoms with van der Waals surface area (Å²) in [6, 6.07) is 13.0. The fourth-order valence-corrected chi connectivity index (χ4v) is 4.47. The van der Waals surface area contributed by atoms with Gasteiger partial charge in [-0.2, -0.15) is 0 Å². The van der Waals surface area contributed by atoms with Gasteiger partial charge in [0.2, 0.25) is 6.79 Å². The third kappa shape index (κ3) is 5.43. The highest BCUT2D eigenvalue weighted by molar-refractivity contribution is 5.95. The maximum Gasteiger partial charge on any atom is 0.335 e. The van der Waals surface area contributed by atoms with Crippen LogP contribution in [-0.4, -0.2) is 79.1 Å². The predicted molar refractivity (Wildman–Crippen MR) is 128 cm³/mol. The van der Waals surface area contributed by atoms with E-state index in [0.717, 1.165) is 69.6 Å². The van der Waals surface area contributed by atoms with E-state index in [0.29, 0.717) is 12.2 Å². The van der Waals surface area contributed by atoms with Gasteiger partial charge in [-0.3, -0.25) is 9.89 Å². The van der Waals surface area contributed by atoms with Crippen LogP contribution in [0.4, 0.5) is 5.69 Å². The molecule has 9 nitrogen and oxygen atoms in total. The minimum absolute atomic E-state index is 0.148. The number of carboxylic acids is 1. The number of carbonyl (C=O) groups is 1. The second-order valence-corrected chi connectivity index (χ2v) is 8.76. The number of piperazine rings is 1. The minimum atomic E-state index is -0.946. The van der Waals surface area contributed by atoms with Gasteiger partial charge in [0.05, 0.1) is 18.2 Å². The van der Waals surface area contributed by atoms with Gasteiger partial charge in [0.1, 0.15) is 0 Å². The van der Waals surface area contributed by atoms with Gasteiger partial charge in [-0.25, -0.2) is 4.79 Å². The normalized spacial score (nSPS) is 20.5. The zero-order chi connectivity index (χ0) is 23.3. The number of aliphatic imine (C=N–C) groups is 1. The van der Waals surface area contributed by atoms with Crippen molar-refractivity contribution < 1.29 is 24.1 Å². The van der Waals surface area contributed by atoms with Crippen molar-refractivity contribution in [3.63, 3.8) is 0 Å². The van der Waals surface area contributed by atoms with Gasteiger partial charge in [-0.1, -0.05) is 12.1 Å². The van der Waals surface area contributed by atoms with Crippen molar-refractivity contribution in [2.24, 2.45) is 4.99 Å². The summed E-state index contributed by atoms with van der Waals surface area (Å²) in [4.78, 5) is 20.9. The van der Waals surface area contributed by atoms with Gasteiger partial charge in [-0.05, 0) is 48.7 Å². The molecule has 3 aliphatic heterocycles. The first-order valence-corrected chi connectivity index (χ1v) is 11.8. The summed E-state index contributed by atoms with van der Waals surface area (Å²) in [6.07, 6.45) is 2.24. The van der Waals surface area contributed by atoms with E-state index in [-0.39, 0.29) is 18.5 Å². The third-order valence-electron chi connectivity index (χ3n) is 6.35. The summed E-state index contributed by atoms with van der Waals surface area (Å²) in [5.41, 5.74) is 2.17. The lowest BCUT2D eigenvalue weighted by molar-refractivity contribution is 0.0697. The van der Waals surface area contributed by atoms with Gasteiger partial charge in [-0.15, -0.1) is 0 Å². The van der Waals surface area contributed by atoms with Crippen molar-refractivity contribution in [1.82, 2.24) is 9.80 Å². The Hall–Kier alpha value is -3.30. The van der Waals surface area contributed by atoms with Crippen molar-refractivity contribution in [2.75, 3.05) is 51.4 Å². The van der Waals surface area contributed by atoms with E-state index in [1.165, 1.54) is 5.56 Å². The second-order valence-electron chi connectivity index (χ2n) is 8.76. The lowest BCUT2D eigenvalue weighted by atomic mass is 10.1. The number of fused-ring (bicyclic) bond motifs is 1. The van der Waals surface area contributed by atoms with Crippen molar-refractivity contribution in [1.29, 1.82) is 0 Å². The Morgan fingerprint density at radius 1 is 1.09 bits per heavy atom. The molecule has 180 valence electrons. The first-order chi connectivity index (χ1) is 16.6. The number of carboxylic acid groups (broad SMARTS) is 1. The van der Waals surface area contributed by atoms with Crippen LogP contribution in [0.5, 0.6) is 11.5 Å². The van der Waals surface area contributed by atoms with Crippen LogP contribution < -0.4 is 14.8 Å². The number of hydrogen-bond acceptors (Lipinski definition) is 6. The van der Waals surface area contributed by atoms with Gasteiger partial charge >= 0.3 is 5.97 Å². The maximum absolute atomic E-state index is 11.4. The molecule has 2 N–H and O–H groups in total. The number of hydrogen-bond donors (Lipinski definition) is 2. The molecule has 9 heteroatoms. The molecule has 3 aliphatic rings. The maximum atomic E-state index is 11.4. The van der Waals surface area contributed by atoms with Crippen LogP contribution in [0.1, 0.15) is 28.8 Å². The number of nitrogens with one attached hydrogen (secondary N) is 1. The molecular formula is C25H30N4O5. The first-order valence-electron chi connectivity index (χ1n) is 11.8. The Morgan fingerprint density at radius 3 is 2.74 bits per heavy atom.